The first-order valence-corrected chi connectivity index (χ1v) is 10.8. The van der Waals surface area contributed by atoms with Gasteiger partial charge < -0.3 is 10.8 Å². The number of nitrogens with two attached hydrogens (primary N) is 1. The van der Waals surface area contributed by atoms with Gasteiger partial charge in [-0.15, -0.1) is 0 Å². The van der Waals surface area contributed by atoms with Crippen LogP contribution < -0.4 is 5.73 Å². The first-order chi connectivity index (χ1) is 14.1. The van der Waals surface area contributed by atoms with E-state index in [0.717, 1.165) is 16.7 Å². The molecule has 2 atom stereocenters. The lowest BCUT2D eigenvalue weighted by Crippen LogP contribution is -2.36. The second kappa shape index (κ2) is 8.65. The van der Waals surface area contributed by atoms with E-state index in [-0.39, 0.29) is 17.1 Å². The summed E-state index contributed by atoms with van der Waals surface area (Å²) in [7, 11) is -4.04. The number of aliphatic hydroxyl groups is 1. The van der Waals surface area contributed by atoms with Crippen LogP contribution in [0.2, 0.25) is 0 Å². The molecule has 0 aromatic heterocycles. The molecule has 0 aliphatic heterocycles. The van der Waals surface area contributed by atoms with Crippen molar-refractivity contribution in [3.8, 4) is 11.1 Å². The maximum Gasteiger partial charge on any atom is 0.298 e. The SMILES string of the molecule is Cc1ccc(S(=O)(=O)OC(N)CC(C)(O)c2ccc(-c3ccc(F)cc3)cc2)cc1. The maximum absolute atomic E-state index is 13.1. The Morgan fingerprint density at radius 2 is 1.47 bits per heavy atom. The van der Waals surface area contributed by atoms with Crippen molar-refractivity contribution < 1.29 is 22.1 Å². The second-order valence-corrected chi connectivity index (χ2v) is 9.04. The van der Waals surface area contributed by atoms with Gasteiger partial charge in [0, 0.05) is 6.42 Å². The van der Waals surface area contributed by atoms with Crippen molar-refractivity contribution in [2.75, 3.05) is 0 Å². The van der Waals surface area contributed by atoms with E-state index in [0.29, 0.717) is 5.56 Å². The highest BCUT2D eigenvalue weighted by Gasteiger charge is 2.29. The number of rotatable bonds is 7. The molecule has 30 heavy (non-hydrogen) atoms. The lowest BCUT2D eigenvalue weighted by atomic mass is 9.90. The van der Waals surface area contributed by atoms with Crippen LogP contribution in [0.4, 0.5) is 4.39 Å². The molecule has 0 saturated carbocycles. The number of aryl methyl sites for hydroxylation is 1. The Labute approximate surface area is 176 Å². The van der Waals surface area contributed by atoms with Crippen molar-refractivity contribution in [1.29, 1.82) is 0 Å². The highest BCUT2D eigenvalue weighted by atomic mass is 32.2. The average Bonchev–Trinajstić information content (AvgIpc) is 2.68. The second-order valence-electron chi connectivity index (χ2n) is 7.46. The van der Waals surface area contributed by atoms with Gasteiger partial charge in [-0.3, -0.25) is 0 Å². The van der Waals surface area contributed by atoms with Gasteiger partial charge in [-0.05, 0) is 54.8 Å². The molecule has 2 unspecified atom stereocenters. The predicted octanol–water partition coefficient (Wildman–Crippen LogP) is 4.09. The lowest BCUT2D eigenvalue weighted by Gasteiger charge is -2.27. The van der Waals surface area contributed by atoms with Crippen molar-refractivity contribution in [3.63, 3.8) is 0 Å². The van der Waals surface area contributed by atoms with Crippen molar-refractivity contribution in [2.24, 2.45) is 5.73 Å². The van der Waals surface area contributed by atoms with Gasteiger partial charge in [-0.1, -0.05) is 54.1 Å². The normalized spacial score (nSPS) is 14.8. The van der Waals surface area contributed by atoms with E-state index in [1.54, 1.807) is 55.5 Å². The molecule has 0 amide bonds. The molecule has 3 N–H and O–H groups in total. The molecule has 0 saturated heterocycles. The standard InChI is InChI=1S/C23H24FNO4S/c1-16-3-13-21(14-4-16)30(27,28)29-22(25)15-23(2,26)19-9-5-17(6-10-19)18-7-11-20(24)12-8-18/h3-14,22,26H,15,25H2,1-2H3. The summed E-state index contributed by atoms with van der Waals surface area (Å²) in [6.07, 6.45) is -1.36. The summed E-state index contributed by atoms with van der Waals surface area (Å²) in [5.74, 6) is -0.312. The van der Waals surface area contributed by atoms with Crippen LogP contribution in [0.15, 0.2) is 77.7 Å². The first kappa shape index (κ1) is 22.1. The van der Waals surface area contributed by atoms with Crippen molar-refractivity contribution in [2.45, 2.75) is 37.0 Å². The summed E-state index contributed by atoms with van der Waals surface area (Å²) in [6, 6.07) is 19.4. The van der Waals surface area contributed by atoms with E-state index in [2.05, 4.69) is 0 Å². The molecule has 3 rings (SSSR count). The summed E-state index contributed by atoms with van der Waals surface area (Å²) >= 11 is 0. The molecule has 7 heteroatoms. The maximum atomic E-state index is 13.1. The van der Waals surface area contributed by atoms with Crippen LogP contribution in [-0.4, -0.2) is 19.8 Å². The fourth-order valence-electron chi connectivity index (χ4n) is 3.13. The Balaban J connectivity index is 1.70. The van der Waals surface area contributed by atoms with Crippen molar-refractivity contribution in [1.82, 2.24) is 0 Å². The molecular weight excluding hydrogens is 405 g/mol. The van der Waals surface area contributed by atoms with Gasteiger partial charge >= 0.3 is 0 Å². The molecule has 0 aliphatic rings. The van der Waals surface area contributed by atoms with E-state index < -0.39 is 21.9 Å². The van der Waals surface area contributed by atoms with Crippen LogP contribution in [0.1, 0.15) is 24.5 Å². The average molecular weight is 430 g/mol. The first-order valence-electron chi connectivity index (χ1n) is 9.41. The van der Waals surface area contributed by atoms with Gasteiger partial charge in [0.25, 0.3) is 10.1 Å². The summed E-state index contributed by atoms with van der Waals surface area (Å²) < 4.78 is 43.0. The smallest absolute Gasteiger partial charge is 0.298 e. The van der Waals surface area contributed by atoms with E-state index >= 15 is 0 Å². The van der Waals surface area contributed by atoms with E-state index in [1.807, 2.05) is 6.92 Å². The predicted molar refractivity (Wildman–Crippen MR) is 113 cm³/mol. The molecule has 0 fully saturated rings. The van der Waals surface area contributed by atoms with Crippen molar-refractivity contribution >= 4 is 10.1 Å². The Morgan fingerprint density at radius 1 is 0.967 bits per heavy atom. The highest BCUT2D eigenvalue weighted by Crippen LogP contribution is 2.29. The molecule has 5 nitrogen and oxygen atoms in total. The third kappa shape index (κ3) is 5.31. The zero-order valence-electron chi connectivity index (χ0n) is 16.7. The number of hydrogen-bond acceptors (Lipinski definition) is 5. The minimum atomic E-state index is -4.04. The Kier molecular flexibility index (Phi) is 6.38. The monoisotopic (exact) mass is 429 g/mol. The zero-order valence-corrected chi connectivity index (χ0v) is 17.6. The van der Waals surface area contributed by atoms with Crippen LogP contribution in [0.5, 0.6) is 0 Å². The molecular formula is C23H24FNO4S. The third-order valence-electron chi connectivity index (χ3n) is 4.84. The molecule has 3 aromatic carbocycles. The van der Waals surface area contributed by atoms with Crippen LogP contribution in [0.3, 0.4) is 0 Å². The summed E-state index contributed by atoms with van der Waals surface area (Å²) in [5, 5.41) is 10.9. The molecule has 158 valence electrons. The Morgan fingerprint density at radius 3 is 2.00 bits per heavy atom. The van der Waals surface area contributed by atoms with E-state index in [4.69, 9.17) is 9.92 Å². The van der Waals surface area contributed by atoms with Gasteiger partial charge in [0.05, 0.1) is 10.5 Å². The van der Waals surface area contributed by atoms with Crippen molar-refractivity contribution in [3.05, 3.63) is 89.7 Å². The van der Waals surface area contributed by atoms with Gasteiger partial charge in [0.1, 0.15) is 12.0 Å². The third-order valence-corrected chi connectivity index (χ3v) is 6.19. The van der Waals surface area contributed by atoms with Gasteiger partial charge in [-0.25, -0.2) is 8.57 Å². The molecule has 0 spiro atoms. The summed E-state index contributed by atoms with van der Waals surface area (Å²) in [4.78, 5) is 0.00634. The number of benzene rings is 3. The fraction of sp³-hybridized carbons (Fsp3) is 0.217. The highest BCUT2D eigenvalue weighted by molar-refractivity contribution is 7.86. The number of halogens is 1. The number of hydrogen-bond donors (Lipinski definition) is 2. The van der Waals surface area contributed by atoms with Gasteiger partial charge in [0.15, 0.2) is 0 Å². The summed E-state index contributed by atoms with van der Waals surface area (Å²) in [6.45, 7) is 3.39. The zero-order chi connectivity index (χ0) is 21.9. The Hall–Kier alpha value is -2.58. The molecule has 3 aromatic rings. The molecule has 0 radical (unpaired) electrons. The molecule has 0 bridgehead atoms. The minimum absolute atomic E-state index is 0.00634. The summed E-state index contributed by atoms with van der Waals surface area (Å²) in [5.41, 5.74) is 7.65. The molecule has 0 heterocycles. The fourth-order valence-corrected chi connectivity index (χ4v) is 4.10. The topological polar surface area (TPSA) is 89.6 Å². The van der Waals surface area contributed by atoms with Gasteiger partial charge in [0.2, 0.25) is 0 Å². The van der Waals surface area contributed by atoms with E-state index in [9.17, 15) is 17.9 Å². The van der Waals surface area contributed by atoms with Crippen LogP contribution in [0.25, 0.3) is 11.1 Å². The Bertz CT molecular complexity index is 1090. The largest absolute Gasteiger partial charge is 0.385 e. The van der Waals surface area contributed by atoms with Crippen LogP contribution >= 0.6 is 0 Å². The molecule has 0 aliphatic carbocycles. The van der Waals surface area contributed by atoms with E-state index in [1.165, 1.54) is 24.3 Å². The van der Waals surface area contributed by atoms with Crippen LogP contribution in [0, 0.1) is 12.7 Å². The van der Waals surface area contributed by atoms with Crippen LogP contribution in [-0.2, 0) is 19.9 Å². The van der Waals surface area contributed by atoms with Gasteiger partial charge in [-0.2, -0.15) is 8.42 Å². The lowest BCUT2D eigenvalue weighted by molar-refractivity contribution is 0.0111. The minimum Gasteiger partial charge on any atom is -0.385 e. The quantitative estimate of drug-likeness (QED) is 0.436.